The predicted octanol–water partition coefficient (Wildman–Crippen LogP) is 3.41. The van der Waals surface area contributed by atoms with Crippen LogP contribution < -0.4 is 0 Å². The van der Waals surface area contributed by atoms with Gasteiger partial charge in [0.1, 0.15) is 12.4 Å². The molecule has 1 aromatic carbocycles. The van der Waals surface area contributed by atoms with Gasteiger partial charge in [-0.05, 0) is 63.6 Å². The molecule has 0 bridgehead atoms. The van der Waals surface area contributed by atoms with Gasteiger partial charge in [-0.3, -0.25) is 9.59 Å². The molecule has 0 spiro atoms. The number of benzene rings is 1. The summed E-state index contributed by atoms with van der Waals surface area (Å²) in [7, 11) is 1.36. The Labute approximate surface area is 161 Å². The Hall–Kier alpha value is -2.08. The summed E-state index contributed by atoms with van der Waals surface area (Å²) in [5, 5.41) is 18.5. The topological polar surface area (TPSA) is 93.1 Å². The molecule has 0 aliphatic heterocycles. The van der Waals surface area contributed by atoms with Gasteiger partial charge in [0.05, 0.1) is 24.5 Å². The van der Waals surface area contributed by atoms with Gasteiger partial charge in [0.2, 0.25) is 0 Å². The lowest BCUT2D eigenvalue weighted by atomic mass is 9.71. The summed E-state index contributed by atoms with van der Waals surface area (Å²) in [5.74, 6) is -0.636. The molecule has 6 heteroatoms. The third-order valence-electron chi connectivity index (χ3n) is 5.15. The van der Waals surface area contributed by atoms with Gasteiger partial charge >= 0.3 is 11.9 Å². The third kappa shape index (κ3) is 6.24. The van der Waals surface area contributed by atoms with Crippen molar-refractivity contribution >= 4 is 11.9 Å². The van der Waals surface area contributed by atoms with Gasteiger partial charge < -0.3 is 19.7 Å². The molecule has 2 atom stereocenters. The summed E-state index contributed by atoms with van der Waals surface area (Å²) in [4.78, 5) is 24.7. The fourth-order valence-electron chi connectivity index (χ4n) is 3.26. The maximum atomic E-state index is 12.6. The molecule has 0 amide bonds. The van der Waals surface area contributed by atoms with Crippen LogP contribution in [0.25, 0.3) is 0 Å². The van der Waals surface area contributed by atoms with E-state index in [1.54, 1.807) is 12.1 Å². The van der Waals surface area contributed by atoms with Crippen LogP contribution in [0, 0.1) is 10.8 Å². The molecule has 0 aromatic heterocycles. The van der Waals surface area contributed by atoms with Gasteiger partial charge in [-0.1, -0.05) is 19.1 Å². The van der Waals surface area contributed by atoms with Crippen LogP contribution in [0.15, 0.2) is 24.3 Å². The average Bonchev–Trinajstić information content (AvgIpc) is 2.64. The number of esters is 2. The van der Waals surface area contributed by atoms with Crippen molar-refractivity contribution in [2.24, 2.45) is 10.8 Å². The number of phenolic OH excluding ortho intramolecular Hbond substituents is 1. The molecule has 0 heterocycles. The average molecular weight is 380 g/mol. The first-order valence-electron chi connectivity index (χ1n) is 9.25. The Bertz CT molecular complexity index is 622. The van der Waals surface area contributed by atoms with E-state index in [1.165, 1.54) is 7.11 Å². The standard InChI is InChI=1S/C21H32O6/c1-6-21(4,19(25)27-12-11-22)14-16(13-20(2,3)18(24)26-5)15-7-9-17(23)10-8-15/h7-10,16,22-23H,6,11-14H2,1-5H3. The first-order valence-corrected chi connectivity index (χ1v) is 9.25. The lowest BCUT2D eigenvalue weighted by Crippen LogP contribution is -2.34. The smallest absolute Gasteiger partial charge is 0.311 e. The summed E-state index contributed by atoms with van der Waals surface area (Å²) in [6.45, 7) is 7.14. The Morgan fingerprint density at radius 1 is 1.07 bits per heavy atom. The van der Waals surface area contributed by atoms with Crippen molar-refractivity contribution in [3.63, 3.8) is 0 Å². The molecule has 152 valence electrons. The van der Waals surface area contributed by atoms with Crippen LogP contribution in [0.4, 0.5) is 0 Å². The van der Waals surface area contributed by atoms with Gasteiger partial charge in [-0.2, -0.15) is 0 Å². The second-order valence-electron chi connectivity index (χ2n) is 7.85. The van der Waals surface area contributed by atoms with E-state index in [1.807, 2.05) is 39.8 Å². The Morgan fingerprint density at radius 3 is 2.15 bits per heavy atom. The van der Waals surface area contributed by atoms with Crippen molar-refractivity contribution in [2.45, 2.75) is 52.9 Å². The number of aromatic hydroxyl groups is 1. The summed E-state index contributed by atoms with van der Waals surface area (Å²) < 4.78 is 10.1. The van der Waals surface area contributed by atoms with Gasteiger partial charge in [-0.25, -0.2) is 0 Å². The van der Waals surface area contributed by atoms with E-state index >= 15 is 0 Å². The zero-order chi connectivity index (χ0) is 20.7. The monoisotopic (exact) mass is 380 g/mol. The van der Waals surface area contributed by atoms with E-state index in [9.17, 15) is 14.7 Å². The Balaban J connectivity index is 3.18. The zero-order valence-electron chi connectivity index (χ0n) is 16.9. The van der Waals surface area contributed by atoms with Crippen molar-refractivity contribution in [3.8, 4) is 5.75 Å². The highest BCUT2D eigenvalue weighted by atomic mass is 16.5. The molecule has 1 aromatic rings. The molecule has 1 rings (SSSR count). The van der Waals surface area contributed by atoms with E-state index in [0.29, 0.717) is 19.3 Å². The molecule has 0 aliphatic rings. The minimum absolute atomic E-state index is 0.0358. The van der Waals surface area contributed by atoms with Crippen LogP contribution in [-0.2, 0) is 19.1 Å². The summed E-state index contributed by atoms with van der Waals surface area (Å²) >= 11 is 0. The van der Waals surface area contributed by atoms with Crippen LogP contribution >= 0.6 is 0 Å². The highest BCUT2D eigenvalue weighted by Gasteiger charge is 2.40. The predicted molar refractivity (Wildman–Crippen MR) is 102 cm³/mol. The molecule has 0 saturated heterocycles. The fraction of sp³-hybridized carbons (Fsp3) is 0.619. The number of methoxy groups -OCH3 is 1. The first-order chi connectivity index (χ1) is 12.6. The largest absolute Gasteiger partial charge is 0.508 e. The molecule has 0 saturated carbocycles. The van der Waals surface area contributed by atoms with E-state index in [0.717, 1.165) is 5.56 Å². The second kappa shape index (κ2) is 9.74. The van der Waals surface area contributed by atoms with Crippen LogP contribution in [-0.4, -0.2) is 42.5 Å². The molecular formula is C21H32O6. The molecule has 0 radical (unpaired) electrons. The molecule has 0 aliphatic carbocycles. The summed E-state index contributed by atoms with van der Waals surface area (Å²) in [6.07, 6.45) is 1.51. The van der Waals surface area contributed by atoms with E-state index in [-0.39, 0.29) is 36.8 Å². The van der Waals surface area contributed by atoms with E-state index in [2.05, 4.69) is 0 Å². The minimum Gasteiger partial charge on any atom is -0.508 e. The number of ether oxygens (including phenoxy) is 2. The molecule has 6 nitrogen and oxygen atoms in total. The van der Waals surface area contributed by atoms with Crippen molar-refractivity contribution < 1.29 is 29.3 Å². The van der Waals surface area contributed by atoms with Gasteiger partial charge in [-0.15, -0.1) is 0 Å². The van der Waals surface area contributed by atoms with Crippen LogP contribution in [0.1, 0.15) is 58.4 Å². The van der Waals surface area contributed by atoms with Crippen LogP contribution in [0.2, 0.25) is 0 Å². The highest BCUT2D eigenvalue weighted by Crippen LogP contribution is 2.42. The maximum absolute atomic E-state index is 12.6. The molecule has 0 fully saturated rings. The summed E-state index contributed by atoms with van der Waals surface area (Å²) in [5.41, 5.74) is -0.565. The minimum atomic E-state index is -0.760. The van der Waals surface area contributed by atoms with Crippen LogP contribution in [0.5, 0.6) is 5.75 Å². The SMILES string of the molecule is CCC(C)(CC(CC(C)(C)C(=O)OC)c1ccc(O)cc1)C(=O)OCCO. The molecule has 2 unspecified atom stereocenters. The quantitative estimate of drug-likeness (QED) is 0.604. The van der Waals surface area contributed by atoms with Crippen molar-refractivity contribution in [1.29, 1.82) is 0 Å². The number of carbonyl (C=O) groups is 2. The Kier molecular flexibility index (Phi) is 8.28. The van der Waals surface area contributed by atoms with Gasteiger partial charge in [0, 0.05) is 0 Å². The number of rotatable bonds is 10. The second-order valence-corrected chi connectivity index (χ2v) is 7.85. The number of carbonyl (C=O) groups excluding carboxylic acids is 2. The Morgan fingerprint density at radius 2 is 1.67 bits per heavy atom. The van der Waals surface area contributed by atoms with E-state index in [4.69, 9.17) is 14.6 Å². The zero-order valence-corrected chi connectivity index (χ0v) is 16.9. The molecule has 27 heavy (non-hydrogen) atoms. The maximum Gasteiger partial charge on any atom is 0.311 e. The van der Waals surface area contributed by atoms with Gasteiger partial charge in [0.25, 0.3) is 0 Å². The van der Waals surface area contributed by atoms with Crippen molar-refractivity contribution in [3.05, 3.63) is 29.8 Å². The lowest BCUT2D eigenvalue weighted by molar-refractivity contribution is -0.157. The highest BCUT2D eigenvalue weighted by molar-refractivity contribution is 5.77. The number of hydrogen-bond acceptors (Lipinski definition) is 6. The first kappa shape index (κ1) is 23.0. The number of aliphatic hydroxyl groups excluding tert-OH is 1. The molecular weight excluding hydrogens is 348 g/mol. The number of hydrogen-bond donors (Lipinski definition) is 2. The number of aliphatic hydroxyl groups is 1. The normalized spacial score (nSPS) is 14.9. The van der Waals surface area contributed by atoms with Crippen molar-refractivity contribution in [2.75, 3.05) is 20.3 Å². The van der Waals surface area contributed by atoms with Crippen LogP contribution in [0.3, 0.4) is 0 Å². The summed E-state index contributed by atoms with van der Waals surface area (Å²) in [6, 6.07) is 6.81. The fourth-order valence-corrected chi connectivity index (χ4v) is 3.26. The van der Waals surface area contributed by atoms with Crippen molar-refractivity contribution in [1.82, 2.24) is 0 Å². The van der Waals surface area contributed by atoms with Gasteiger partial charge in [0.15, 0.2) is 0 Å². The lowest BCUT2D eigenvalue weighted by Gasteiger charge is -2.34. The molecule has 2 N–H and O–H groups in total. The third-order valence-corrected chi connectivity index (χ3v) is 5.15. The number of phenols is 1. The van der Waals surface area contributed by atoms with E-state index < -0.39 is 10.8 Å².